The Labute approximate surface area is 165 Å². The normalized spacial score (nSPS) is 11.2. The number of carbonyl (C=O) groups is 1. The number of nitrogens with one attached hydrogen (secondary N) is 1. The minimum atomic E-state index is -0.357. The van der Waals surface area contributed by atoms with E-state index in [0.717, 1.165) is 10.6 Å². The molecule has 3 rings (SSSR count). The average Bonchev–Trinajstić information content (AvgIpc) is 3.15. The van der Waals surface area contributed by atoms with Crippen LogP contribution in [0.2, 0.25) is 10.2 Å². The van der Waals surface area contributed by atoms with Gasteiger partial charge in [0.2, 0.25) is 5.13 Å². The summed E-state index contributed by atoms with van der Waals surface area (Å²) in [5.41, 5.74) is 1.73. The molecule has 1 amide bonds. The molecule has 0 saturated carbocycles. The zero-order valence-electron chi connectivity index (χ0n) is 14.5. The van der Waals surface area contributed by atoms with E-state index in [9.17, 15) is 4.79 Å². The maximum Gasteiger partial charge on any atom is 0.262 e. The molecule has 0 atom stereocenters. The predicted molar refractivity (Wildman–Crippen MR) is 104 cm³/mol. The molecule has 0 spiro atoms. The Morgan fingerprint density at radius 2 is 2.00 bits per heavy atom. The van der Waals surface area contributed by atoms with E-state index in [4.69, 9.17) is 23.2 Å². The van der Waals surface area contributed by atoms with Crippen LogP contribution in [0.3, 0.4) is 0 Å². The first-order chi connectivity index (χ1) is 12.4. The molecule has 0 saturated heterocycles. The number of aromatic nitrogens is 4. The van der Waals surface area contributed by atoms with Gasteiger partial charge in [0, 0.05) is 10.9 Å². The molecular weight excluding hydrogens is 393 g/mol. The van der Waals surface area contributed by atoms with E-state index in [1.54, 1.807) is 17.7 Å². The van der Waals surface area contributed by atoms with Crippen molar-refractivity contribution < 1.29 is 4.79 Å². The Balaban J connectivity index is 1.82. The Morgan fingerprint density at radius 3 is 2.65 bits per heavy atom. The molecular formula is C17H17Cl2N5OS. The van der Waals surface area contributed by atoms with Crippen LogP contribution in [0.1, 0.15) is 46.4 Å². The van der Waals surface area contributed by atoms with Gasteiger partial charge in [0.25, 0.3) is 5.91 Å². The third-order valence-electron chi connectivity index (χ3n) is 3.73. The van der Waals surface area contributed by atoms with Gasteiger partial charge in [-0.15, -0.1) is 10.2 Å². The summed E-state index contributed by atoms with van der Waals surface area (Å²) in [4.78, 5) is 12.6. The van der Waals surface area contributed by atoms with Gasteiger partial charge < -0.3 is 0 Å². The molecule has 0 bridgehead atoms. The molecule has 136 valence electrons. The highest BCUT2D eigenvalue weighted by Crippen LogP contribution is 2.26. The zero-order chi connectivity index (χ0) is 18.8. The molecule has 0 aliphatic rings. The third-order valence-corrected chi connectivity index (χ3v) is 5.62. The van der Waals surface area contributed by atoms with Gasteiger partial charge in [0.05, 0.1) is 17.8 Å². The molecule has 0 radical (unpaired) electrons. The summed E-state index contributed by atoms with van der Waals surface area (Å²) in [5, 5.41) is 17.4. The first-order valence-electron chi connectivity index (χ1n) is 7.98. The second-order valence-corrected chi connectivity index (χ2v) is 7.83. The predicted octanol–water partition coefficient (Wildman–Crippen LogP) is 4.77. The van der Waals surface area contributed by atoms with Crippen molar-refractivity contribution in [3.8, 4) is 0 Å². The number of amides is 1. The molecule has 2 heterocycles. The van der Waals surface area contributed by atoms with Crippen molar-refractivity contribution >= 4 is 45.6 Å². The largest absolute Gasteiger partial charge is 0.296 e. The fraction of sp³-hybridized carbons (Fsp3) is 0.294. The standard InChI is InChI=1S/C17H17Cl2N5OS/c1-9(2)16-21-22-17(26-16)20-15(25)13-10(3)23-24(14(13)19)8-11-6-4-5-7-12(11)18/h4-7,9H,8H2,1-3H3,(H,20,22,25). The summed E-state index contributed by atoms with van der Waals surface area (Å²) in [7, 11) is 0. The molecule has 1 N–H and O–H groups in total. The van der Waals surface area contributed by atoms with Crippen molar-refractivity contribution in [3.05, 3.63) is 56.3 Å². The first-order valence-corrected chi connectivity index (χ1v) is 9.55. The lowest BCUT2D eigenvalue weighted by molar-refractivity contribution is 0.102. The fourth-order valence-electron chi connectivity index (χ4n) is 2.38. The number of nitrogens with zero attached hydrogens (tertiary/aromatic N) is 4. The molecule has 1 aromatic carbocycles. The number of benzene rings is 1. The lowest BCUT2D eigenvalue weighted by Gasteiger charge is -2.06. The van der Waals surface area contributed by atoms with Crippen molar-refractivity contribution in [2.75, 3.05) is 5.32 Å². The van der Waals surface area contributed by atoms with Crippen LogP contribution in [0.25, 0.3) is 0 Å². The molecule has 6 nitrogen and oxygen atoms in total. The minimum Gasteiger partial charge on any atom is -0.296 e. The topological polar surface area (TPSA) is 72.7 Å². The van der Waals surface area contributed by atoms with Gasteiger partial charge in [-0.25, -0.2) is 4.68 Å². The molecule has 3 aromatic rings. The molecule has 0 unspecified atom stereocenters. The minimum absolute atomic E-state index is 0.252. The van der Waals surface area contributed by atoms with E-state index in [1.165, 1.54) is 11.3 Å². The van der Waals surface area contributed by atoms with E-state index in [-0.39, 0.29) is 17.0 Å². The Bertz CT molecular complexity index is 951. The monoisotopic (exact) mass is 409 g/mol. The van der Waals surface area contributed by atoms with Gasteiger partial charge in [-0.3, -0.25) is 10.1 Å². The van der Waals surface area contributed by atoms with Gasteiger partial charge >= 0.3 is 0 Å². The first kappa shape index (κ1) is 18.8. The van der Waals surface area contributed by atoms with Gasteiger partial charge in [-0.2, -0.15) is 5.10 Å². The highest BCUT2D eigenvalue weighted by molar-refractivity contribution is 7.15. The number of halogens is 2. The van der Waals surface area contributed by atoms with E-state index in [2.05, 4.69) is 20.6 Å². The summed E-state index contributed by atoms with van der Waals surface area (Å²) in [5.74, 6) is -0.105. The summed E-state index contributed by atoms with van der Waals surface area (Å²) in [6, 6.07) is 7.44. The number of rotatable bonds is 5. The molecule has 0 aliphatic heterocycles. The molecule has 9 heteroatoms. The average molecular weight is 410 g/mol. The zero-order valence-corrected chi connectivity index (χ0v) is 16.8. The Morgan fingerprint density at radius 1 is 1.27 bits per heavy atom. The number of aryl methyl sites for hydroxylation is 1. The van der Waals surface area contributed by atoms with Crippen LogP contribution in [0, 0.1) is 6.92 Å². The van der Waals surface area contributed by atoms with Crippen LogP contribution in [-0.2, 0) is 6.54 Å². The van der Waals surface area contributed by atoms with Gasteiger partial charge in [0.15, 0.2) is 0 Å². The lowest BCUT2D eigenvalue weighted by Crippen LogP contribution is -2.13. The SMILES string of the molecule is Cc1nn(Cc2ccccc2Cl)c(Cl)c1C(=O)Nc1nnc(C(C)C)s1. The summed E-state index contributed by atoms with van der Waals surface area (Å²) in [6.07, 6.45) is 0. The number of anilines is 1. The summed E-state index contributed by atoms with van der Waals surface area (Å²) >= 11 is 14.0. The highest BCUT2D eigenvalue weighted by atomic mass is 35.5. The molecule has 26 heavy (non-hydrogen) atoms. The highest BCUT2D eigenvalue weighted by Gasteiger charge is 2.22. The van der Waals surface area contributed by atoms with E-state index >= 15 is 0 Å². The second-order valence-electron chi connectivity index (χ2n) is 6.05. The van der Waals surface area contributed by atoms with Gasteiger partial charge in [0.1, 0.15) is 10.2 Å². The molecule has 2 aromatic heterocycles. The quantitative estimate of drug-likeness (QED) is 0.658. The van der Waals surface area contributed by atoms with E-state index < -0.39 is 0 Å². The summed E-state index contributed by atoms with van der Waals surface area (Å²) < 4.78 is 1.56. The van der Waals surface area contributed by atoms with Crippen LogP contribution >= 0.6 is 34.5 Å². The maximum absolute atomic E-state index is 12.6. The third kappa shape index (κ3) is 3.90. The van der Waals surface area contributed by atoms with Crippen LogP contribution < -0.4 is 5.32 Å². The lowest BCUT2D eigenvalue weighted by atomic mass is 10.2. The van der Waals surface area contributed by atoms with Crippen molar-refractivity contribution in [2.45, 2.75) is 33.2 Å². The van der Waals surface area contributed by atoms with Gasteiger partial charge in [-0.1, -0.05) is 66.6 Å². The van der Waals surface area contributed by atoms with Crippen LogP contribution in [0.15, 0.2) is 24.3 Å². The van der Waals surface area contributed by atoms with Crippen LogP contribution in [0.4, 0.5) is 5.13 Å². The number of carbonyl (C=O) groups excluding carboxylic acids is 1. The number of hydrogen-bond donors (Lipinski definition) is 1. The van der Waals surface area contributed by atoms with E-state index in [0.29, 0.717) is 28.0 Å². The van der Waals surface area contributed by atoms with Gasteiger partial charge in [-0.05, 0) is 18.6 Å². The smallest absolute Gasteiger partial charge is 0.262 e. The maximum atomic E-state index is 12.6. The van der Waals surface area contributed by atoms with E-state index in [1.807, 2.05) is 32.0 Å². The van der Waals surface area contributed by atoms with Crippen molar-refractivity contribution in [2.24, 2.45) is 0 Å². The number of hydrogen-bond acceptors (Lipinski definition) is 5. The summed E-state index contributed by atoms with van der Waals surface area (Å²) in [6.45, 7) is 6.16. The molecule has 0 fully saturated rings. The Kier molecular flexibility index (Phi) is 5.60. The van der Waals surface area contributed by atoms with Crippen molar-refractivity contribution in [3.63, 3.8) is 0 Å². The van der Waals surface area contributed by atoms with Crippen LogP contribution in [0.5, 0.6) is 0 Å². The Hall–Kier alpha value is -1.96. The molecule has 0 aliphatic carbocycles. The van der Waals surface area contributed by atoms with Crippen molar-refractivity contribution in [1.82, 2.24) is 20.0 Å². The van der Waals surface area contributed by atoms with Crippen LogP contribution in [-0.4, -0.2) is 25.9 Å². The van der Waals surface area contributed by atoms with Crippen molar-refractivity contribution in [1.29, 1.82) is 0 Å². The fourth-order valence-corrected chi connectivity index (χ4v) is 3.64. The second kappa shape index (κ2) is 7.73.